The van der Waals surface area contributed by atoms with E-state index < -0.39 is 39.8 Å². The molecule has 3 aliphatic rings. The Hall–Kier alpha value is -2.83. The lowest BCUT2D eigenvalue weighted by atomic mass is 9.99. The average molecular weight is 494 g/mol. The summed E-state index contributed by atoms with van der Waals surface area (Å²) in [7, 11) is -3.48. The van der Waals surface area contributed by atoms with Crippen molar-refractivity contribution in [2.45, 2.75) is 31.7 Å². The van der Waals surface area contributed by atoms with Crippen LogP contribution in [0.2, 0.25) is 0 Å². The fourth-order valence-corrected chi connectivity index (χ4v) is 5.00. The zero-order chi connectivity index (χ0) is 24.5. The van der Waals surface area contributed by atoms with Gasteiger partial charge in [-0.25, -0.2) is 0 Å². The Balaban J connectivity index is 1.40. The Morgan fingerprint density at radius 1 is 1.12 bits per heavy atom. The molecule has 0 aromatic heterocycles. The number of piperidine rings is 2. The first-order valence-corrected chi connectivity index (χ1v) is 13.0. The third-order valence-corrected chi connectivity index (χ3v) is 6.81. The smallest absolute Gasteiger partial charge is 0.266 e. The van der Waals surface area contributed by atoms with E-state index in [9.17, 15) is 27.6 Å². The molecule has 0 aliphatic carbocycles. The van der Waals surface area contributed by atoms with E-state index in [0.29, 0.717) is 19.7 Å². The lowest BCUT2D eigenvalue weighted by Crippen LogP contribution is -2.54. The Bertz CT molecular complexity index is 1120. The molecule has 184 valence electrons. The number of carbonyl (C=O) groups is 4. The SMILES string of the molecule is CS(=O)(=O)OCCN1CCCC(COc2cccc3c2C(=O)N(C2CCC(=O)NC2=O)C3=O)C1. The molecule has 0 spiro atoms. The minimum absolute atomic E-state index is 0.0561. The molecule has 4 amide bonds. The van der Waals surface area contributed by atoms with E-state index in [1.807, 2.05) is 0 Å². The van der Waals surface area contributed by atoms with E-state index in [4.69, 9.17) is 8.92 Å². The van der Waals surface area contributed by atoms with Crippen molar-refractivity contribution in [1.29, 1.82) is 0 Å². The van der Waals surface area contributed by atoms with E-state index in [2.05, 4.69) is 10.2 Å². The first-order valence-electron chi connectivity index (χ1n) is 11.2. The van der Waals surface area contributed by atoms with E-state index in [-0.39, 0.29) is 42.2 Å². The number of rotatable bonds is 8. The van der Waals surface area contributed by atoms with Crippen molar-refractivity contribution in [3.63, 3.8) is 0 Å². The second kappa shape index (κ2) is 9.80. The molecule has 34 heavy (non-hydrogen) atoms. The molecule has 3 heterocycles. The van der Waals surface area contributed by atoms with Gasteiger partial charge in [0.1, 0.15) is 11.8 Å². The van der Waals surface area contributed by atoms with Crippen LogP contribution >= 0.6 is 0 Å². The van der Waals surface area contributed by atoms with Crippen LogP contribution in [0.15, 0.2) is 18.2 Å². The number of benzene rings is 1. The van der Waals surface area contributed by atoms with Crippen LogP contribution in [0, 0.1) is 5.92 Å². The third kappa shape index (κ3) is 5.29. The van der Waals surface area contributed by atoms with E-state index >= 15 is 0 Å². The molecule has 0 bridgehead atoms. The van der Waals surface area contributed by atoms with Crippen LogP contribution in [0.1, 0.15) is 46.4 Å². The number of imide groups is 2. The largest absolute Gasteiger partial charge is 0.492 e. The first-order chi connectivity index (χ1) is 16.1. The number of hydrogen-bond donors (Lipinski definition) is 1. The van der Waals surface area contributed by atoms with Crippen LogP contribution in [-0.2, 0) is 23.9 Å². The van der Waals surface area contributed by atoms with Gasteiger partial charge in [0.15, 0.2) is 0 Å². The molecule has 0 radical (unpaired) electrons. The summed E-state index contributed by atoms with van der Waals surface area (Å²) in [4.78, 5) is 52.8. The van der Waals surface area contributed by atoms with Crippen LogP contribution in [0.3, 0.4) is 0 Å². The molecule has 3 aliphatic heterocycles. The van der Waals surface area contributed by atoms with Gasteiger partial charge in [-0.15, -0.1) is 0 Å². The van der Waals surface area contributed by atoms with E-state index in [1.165, 1.54) is 6.07 Å². The molecule has 1 N–H and O–H groups in total. The summed E-state index contributed by atoms with van der Waals surface area (Å²) in [5.41, 5.74) is 0.307. The minimum Gasteiger partial charge on any atom is -0.492 e. The predicted molar refractivity (Wildman–Crippen MR) is 119 cm³/mol. The van der Waals surface area contributed by atoms with Gasteiger partial charge >= 0.3 is 0 Å². The Kier molecular flexibility index (Phi) is 7.01. The number of nitrogens with zero attached hydrogens (tertiary/aromatic N) is 2. The normalized spacial score (nSPS) is 23.7. The summed E-state index contributed by atoms with van der Waals surface area (Å²) in [6.45, 7) is 2.42. The number of fused-ring (bicyclic) bond motifs is 1. The number of ether oxygens (including phenoxy) is 1. The zero-order valence-electron chi connectivity index (χ0n) is 18.8. The van der Waals surface area contributed by atoms with E-state index in [0.717, 1.165) is 30.5 Å². The van der Waals surface area contributed by atoms with Crippen LogP contribution in [0.25, 0.3) is 0 Å². The molecular formula is C22H27N3O8S. The molecule has 2 atom stereocenters. The van der Waals surface area contributed by atoms with Crippen LogP contribution in [0.4, 0.5) is 0 Å². The lowest BCUT2D eigenvalue weighted by molar-refractivity contribution is -0.136. The van der Waals surface area contributed by atoms with Crippen molar-refractivity contribution in [3.8, 4) is 5.75 Å². The number of hydrogen-bond acceptors (Lipinski definition) is 9. The summed E-state index contributed by atoms with van der Waals surface area (Å²) in [5, 5.41) is 2.18. The molecular weight excluding hydrogens is 466 g/mol. The van der Waals surface area contributed by atoms with Gasteiger partial charge in [0.05, 0.1) is 30.6 Å². The lowest BCUT2D eigenvalue weighted by Gasteiger charge is -2.32. The highest BCUT2D eigenvalue weighted by molar-refractivity contribution is 7.85. The average Bonchev–Trinajstić information content (AvgIpc) is 3.03. The van der Waals surface area contributed by atoms with Gasteiger partial charge in [0.2, 0.25) is 11.8 Å². The Labute approximate surface area is 197 Å². The second-order valence-corrected chi connectivity index (χ2v) is 10.4. The summed E-state index contributed by atoms with van der Waals surface area (Å²) in [6, 6.07) is 3.75. The number of amides is 4. The quantitative estimate of drug-likeness (QED) is 0.396. The minimum atomic E-state index is -3.48. The molecule has 4 rings (SSSR count). The van der Waals surface area contributed by atoms with Gasteiger partial charge in [-0.1, -0.05) is 6.07 Å². The van der Waals surface area contributed by atoms with Crippen molar-refractivity contribution in [1.82, 2.24) is 15.1 Å². The Morgan fingerprint density at radius 3 is 2.65 bits per heavy atom. The highest BCUT2D eigenvalue weighted by Crippen LogP contribution is 2.34. The van der Waals surface area contributed by atoms with Crippen LogP contribution in [0.5, 0.6) is 5.75 Å². The fourth-order valence-electron chi connectivity index (χ4n) is 4.62. The van der Waals surface area contributed by atoms with Crippen molar-refractivity contribution < 1.29 is 36.5 Å². The van der Waals surface area contributed by atoms with Gasteiger partial charge in [-0.2, -0.15) is 8.42 Å². The van der Waals surface area contributed by atoms with Gasteiger partial charge in [-0.3, -0.25) is 33.6 Å². The molecule has 12 heteroatoms. The fraction of sp³-hybridized carbons (Fsp3) is 0.545. The summed E-state index contributed by atoms with van der Waals surface area (Å²) in [5.74, 6) is -1.82. The molecule has 1 aromatic rings. The number of likely N-dealkylation sites (tertiary alicyclic amines) is 1. The van der Waals surface area contributed by atoms with E-state index in [1.54, 1.807) is 12.1 Å². The maximum atomic E-state index is 13.1. The second-order valence-electron chi connectivity index (χ2n) is 8.77. The van der Waals surface area contributed by atoms with Gasteiger partial charge in [0.25, 0.3) is 21.9 Å². The van der Waals surface area contributed by atoms with Crippen LogP contribution in [-0.4, -0.2) is 87.0 Å². The number of nitrogens with one attached hydrogen (secondary N) is 1. The summed E-state index contributed by atoms with van der Waals surface area (Å²) < 4.78 is 33.1. The maximum Gasteiger partial charge on any atom is 0.266 e. The van der Waals surface area contributed by atoms with Crippen molar-refractivity contribution in [2.24, 2.45) is 5.92 Å². The molecule has 2 unspecified atom stereocenters. The molecule has 0 saturated carbocycles. The van der Waals surface area contributed by atoms with Crippen molar-refractivity contribution in [2.75, 3.05) is 39.1 Å². The zero-order valence-corrected chi connectivity index (χ0v) is 19.6. The third-order valence-electron chi connectivity index (χ3n) is 6.21. The maximum absolute atomic E-state index is 13.1. The number of carbonyl (C=O) groups excluding carboxylic acids is 4. The van der Waals surface area contributed by atoms with Gasteiger partial charge in [0, 0.05) is 25.4 Å². The van der Waals surface area contributed by atoms with Gasteiger partial charge < -0.3 is 9.64 Å². The molecule has 11 nitrogen and oxygen atoms in total. The molecule has 2 saturated heterocycles. The predicted octanol–water partition coefficient (Wildman–Crippen LogP) is 0.155. The summed E-state index contributed by atoms with van der Waals surface area (Å²) in [6.07, 6.45) is 2.99. The monoisotopic (exact) mass is 493 g/mol. The highest BCUT2D eigenvalue weighted by atomic mass is 32.2. The first kappa shape index (κ1) is 24.3. The van der Waals surface area contributed by atoms with Gasteiger partial charge in [-0.05, 0) is 37.9 Å². The summed E-state index contributed by atoms with van der Waals surface area (Å²) >= 11 is 0. The van der Waals surface area contributed by atoms with Crippen molar-refractivity contribution in [3.05, 3.63) is 29.3 Å². The standard InChI is InChI=1S/C22H27N3O8S/c1-34(30,31)33-11-10-24-9-3-4-14(12-24)13-32-17-6-2-5-15-19(17)22(29)25(21(15)28)16-7-8-18(26)23-20(16)27/h2,5-6,14,16H,3-4,7-13H2,1H3,(H,23,26,27). The molecule has 1 aromatic carbocycles. The van der Waals surface area contributed by atoms with Crippen molar-refractivity contribution >= 4 is 33.7 Å². The topological polar surface area (TPSA) is 139 Å². The Morgan fingerprint density at radius 2 is 1.91 bits per heavy atom. The highest BCUT2D eigenvalue weighted by Gasteiger charge is 2.46. The van der Waals surface area contributed by atoms with Crippen LogP contribution < -0.4 is 10.1 Å². The molecule has 2 fully saturated rings.